The van der Waals surface area contributed by atoms with Crippen molar-refractivity contribution in [2.24, 2.45) is 0 Å². The van der Waals surface area contributed by atoms with Gasteiger partial charge in [0.05, 0.1) is 0 Å². The molecule has 0 aromatic carbocycles. The number of hydrogen-bond acceptors (Lipinski definition) is 0. The van der Waals surface area contributed by atoms with Gasteiger partial charge in [-0.15, -0.1) is 0 Å². The van der Waals surface area contributed by atoms with Gasteiger partial charge in [0.15, 0.2) is 0 Å². The minimum Gasteiger partial charge on any atom is -1.00 e. The van der Waals surface area contributed by atoms with Gasteiger partial charge in [-0.2, -0.15) is 0 Å². The van der Waals surface area contributed by atoms with E-state index in [9.17, 15) is 0 Å². The second-order valence-corrected chi connectivity index (χ2v) is 0. The second-order valence-electron chi connectivity index (χ2n) is 0. The van der Waals surface area contributed by atoms with Crippen LogP contribution in [0.25, 0.3) is 0 Å². The van der Waals surface area contributed by atoms with E-state index < -0.39 is 0 Å². The van der Waals surface area contributed by atoms with E-state index in [4.69, 9.17) is 0 Å². The zero-order chi connectivity index (χ0) is 0. The Morgan fingerprint density at radius 2 is 0.500 bits per heavy atom. The van der Waals surface area contributed by atoms with Crippen molar-refractivity contribution in [1.82, 2.24) is 0 Å². The molecular formula is HF5Zr. The summed E-state index contributed by atoms with van der Waals surface area (Å²) in [6.45, 7) is 0. The van der Waals surface area contributed by atoms with E-state index in [1.54, 1.807) is 0 Å². The van der Waals surface area contributed by atoms with Gasteiger partial charge in [0.2, 0.25) is 0 Å². The zero-order valence-corrected chi connectivity index (χ0v) is 4.85. The second kappa shape index (κ2) is 400. The molecule has 0 aromatic heterocycles. The standard InChI is InChI=1S/5FH.Zr/h5*1H;/q;;;;;+4/p-4. The summed E-state index contributed by atoms with van der Waals surface area (Å²) in [4.78, 5) is 0. The SMILES string of the molecule is [F-].[F-].[F-].[F-].[F-].[H+].[Zr+4]. The van der Waals surface area contributed by atoms with Gasteiger partial charge in [0.25, 0.3) is 0 Å². The van der Waals surface area contributed by atoms with Crippen LogP contribution >= 0.6 is 0 Å². The zero-order valence-electron chi connectivity index (χ0n) is 3.39. The Morgan fingerprint density at radius 1 is 0.500 bits per heavy atom. The first-order chi connectivity index (χ1) is 0. The molecule has 0 aliphatic rings. The Balaban J connectivity index is 0. The summed E-state index contributed by atoms with van der Waals surface area (Å²) in [5.41, 5.74) is 0. The third-order valence-corrected chi connectivity index (χ3v) is 0. The van der Waals surface area contributed by atoms with Gasteiger partial charge in [-0.05, 0) is 0 Å². The van der Waals surface area contributed by atoms with Gasteiger partial charge in [-0.1, -0.05) is 0 Å². The average Bonchev–Trinajstić information content (AvgIpc) is 0. The molecule has 40 valence electrons. The molecule has 0 amide bonds. The fraction of sp³-hybridized carbons (Fsp3) is 0. The minimum absolute atomic E-state index is 0. The summed E-state index contributed by atoms with van der Waals surface area (Å²) in [7, 11) is 0. The van der Waals surface area contributed by atoms with E-state index >= 15 is 0 Å². The number of halogens is 5. The molecule has 6 heteroatoms. The van der Waals surface area contributed by atoms with Gasteiger partial charge < -0.3 is 23.5 Å². The van der Waals surface area contributed by atoms with Crippen LogP contribution in [0.4, 0.5) is 0 Å². The van der Waals surface area contributed by atoms with E-state index in [1.807, 2.05) is 0 Å². The molecule has 0 N–H and O–H groups in total. The third-order valence-electron chi connectivity index (χ3n) is 0. The van der Waals surface area contributed by atoms with Crippen molar-refractivity contribution in [1.29, 1.82) is 0 Å². The summed E-state index contributed by atoms with van der Waals surface area (Å²) in [5, 5.41) is 0. The molecule has 0 bridgehead atoms. The van der Waals surface area contributed by atoms with Gasteiger partial charge in [-0.3, -0.25) is 0 Å². The van der Waals surface area contributed by atoms with Crippen LogP contribution in [0.3, 0.4) is 0 Å². The molecule has 0 radical (unpaired) electrons. The molecule has 0 unspecified atom stereocenters. The predicted molar refractivity (Wildman–Crippen MR) is 1.11 cm³/mol. The van der Waals surface area contributed by atoms with Crippen LogP contribution in [0.15, 0.2) is 0 Å². The molecule has 0 nitrogen and oxygen atoms in total. The molecule has 0 aromatic rings. The van der Waals surface area contributed by atoms with Gasteiger partial charge in [-0.25, -0.2) is 0 Å². The summed E-state index contributed by atoms with van der Waals surface area (Å²) in [6, 6.07) is 0. The van der Waals surface area contributed by atoms with E-state index in [-0.39, 0.29) is 51.2 Å². The van der Waals surface area contributed by atoms with Crippen molar-refractivity contribution in [2.45, 2.75) is 0 Å². The normalized spacial score (nSPS) is 0. The summed E-state index contributed by atoms with van der Waals surface area (Å²) >= 11 is 0. The van der Waals surface area contributed by atoms with Crippen LogP contribution in [0, 0.1) is 0 Å². The largest absolute Gasteiger partial charge is 4.00 e. The Hall–Kier alpha value is 0.533. The minimum atomic E-state index is 0. The van der Waals surface area contributed by atoms with Crippen LogP contribution in [-0.4, -0.2) is 0 Å². The van der Waals surface area contributed by atoms with E-state index in [0.29, 0.717) is 0 Å². The molecule has 6 heavy (non-hydrogen) atoms. The first-order valence-corrected chi connectivity index (χ1v) is 0. The molecule has 0 aliphatic carbocycles. The molecule has 0 aliphatic heterocycles. The third kappa shape index (κ3) is 199. The van der Waals surface area contributed by atoms with Gasteiger partial charge in [0, 0.05) is 0 Å². The van der Waals surface area contributed by atoms with Crippen molar-refractivity contribution < 1.29 is 51.2 Å². The molecule has 0 spiro atoms. The monoisotopic (exact) mass is 186 g/mol. The molecule has 0 fully saturated rings. The van der Waals surface area contributed by atoms with Crippen LogP contribution in [-0.2, 0) is 26.2 Å². The first kappa shape index (κ1) is 704. The molecule has 0 atom stereocenters. The Kier molecular flexibility index (Phi) is 46900. The Morgan fingerprint density at radius 3 is 0.500 bits per heavy atom. The van der Waals surface area contributed by atoms with Crippen molar-refractivity contribution in [3.8, 4) is 0 Å². The fourth-order valence-corrected chi connectivity index (χ4v) is 0. The topological polar surface area (TPSA) is 0 Å². The fourth-order valence-electron chi connectivity index (χ4n) is 0. The summed E-state index contributed by atoms with van der Waals surface area (Å²) in [5.74, 6) is 0. The molecule has 0 saturated heterocycles. The summed E-state index contributed by atoms with van der Waals surface area (Å²) in [6.07, 6.45) is 0. The smallest absolute Gasteiger partial charge is 1.00 e. The number of hydrogen-bond donors (Lipinski definition) is 0. The van der Waals surface area contributed by atoms with Crippen LogP contribution < -0.4 is 23.5 Å². The quantitative estimate of drug-likeness (QED) is 0.330. The Labute approximate surface area is 51.7 Å². The van der Waals surface area contributed by atoms with Gasteiger partial charge >= 0.3 is 27.6 Å². The molecule has 0 heterocycles. The van der Waals surface area contributed by atoms with Crippen molar-refractivity contribution in [3.05, 3.63) is 0 Å². The van der Waals surface area contributed by atoms with E-state index in [0.717, 1.165) is 0 Å². The van der Waals surface area contributed by atoms with Crippen LogP contribution in [0.1, 0.15) is 1.43 Å². The molecular weight excluding hydrogens is 186 g/mol. The Bertz CT molecular complexity index is 8.04. The van der Waals surface area contributed by atoms with Crippen molar-refractivity contribution in [2.75, 3.05) is 0 Å². The van der Waals surface area contributed by atoms with Crippen LogP contribution in [0.2, 0.25) is 0 Å². The maximum absolute atomic E-state index is 0. The van der Waals surface area contributed by atoms with E-state index in [1.165, 1.54) is 0 Å². The molecule has 0 saturated carbocycles. The first-order valence-electron chi connectivity index (χ1n) is 0. The maximum Gasteiger partial charge on any atom is 4.00 e. The summed E-state index contributed by atoms with van der Waals surface area (Å²) < 4.78 is 0. The van der Waals surface area contributed by atoms with Crippen LogP contribution in [0.5, 0.6) is 0 Å². The number of rotatable bonds is 0. The van der Waals surface area contributed by atoms with Gasteiger partial charge in [0.1, 0.15) is 0 Å². The predicted octanol–water partition coefficient (Wildman–Crippen LogP) is -14.9. The van der Waals surface area contributed by atoms with E-state index in [2.05, 4.69) is 0 Å². The van der Waals surface area contributed by atoms with Crippen molar-refractivity contribution in [3.63, 3.8) is 0 Å². The molecule has 0 rings (SSSR count). The van der Waals surface area contributed by atoms with Crippen molar-refractivity contribution >= 4 is 0 Å². The average molecular weight is 187 g/mol. The maximum atomic E-state index is 0.